The van der Waals surface area contributed by atoms with E-state index in [9.17, 15) is 43.2 Å². The number of esters is 4. The summed E-state index contributed by atoms with van der Waals surface area (Å²) in [7, 11) is -9.96. The minimum Gasteiger partial charge on any atom is -0.462 e. The van der Waals surface area contributed by atoms with Gasteiger partial charge >= 0.3 is 39.5 Å². The first-order chi connectivity index (χ1) is 50.7. The van der Waals surface area contributed by atoms with Crippen LogP contribution in [-0.4, -0.2) is 96.7 Å². The molecule has 0 aliphatic rings. The molecule has 0 saturated heterocycles. The summed E-state index contributed by atoms with van der Waals surface area (Å²) in [5.74, 6) is -2.20. The summed E-state index contributed by atoms with van der Waals surface area (Å²) in [4.78, 5) is 73.1. The largest absolute Gasteiger partial charge is 0.472 e. The van der Waals surface area contributed by atoms with E-state index >= 15 is 0 Å². The lowest BCUT2D eigenvalue weighted by molar-refractivity contribution is -0.161. The van der Waals surface area contributed by atoms with Gasteiger partial charge in [-0.1, -0.05) is 304 Å². The smallest absolute Gasteiger partial charge is 0.462 e. The minimum absolute atomic E-state index is 0.0742. The Morgan fingerprint density at radius 3 is 0.788 bits per heavy atom. The molecular formula is C85H148O17P2. The number of ether oxygens (including phenoxy) is 4. The lowest BCUT2D eigenvalue weighted by atomic mass is 10.0. The summed E-state index contributed by atoms with van der Waals surface area (Å²) in [5, 5.41) is 10.7. The molecular weight excluding hydrogens is 1350 g/mol. The van der Waals surface area contributed by atoms with Crippen LogP contribution >= 0.6 is 15.6 Å². The van der Waals surface area contributed by atoms with Crippen molar-refractivity contribution >= 4 is 39.5 Å². The number of aliphatic hydroxyl groups is 1. The van der Waals surface area contributed by atoms with Crippen LogP contribution in [0.4, 0.5) is 0 Å². The Kier molecular flexibility index (Phi) is 73.7. The number of unbranched alkanes of at least 4 members (excludes halogenated alkanes) is 33. The fourth-order valence-electron chi connectivity index (χ4n) is 11.0. The van der Waals surface area contributed by atoms with Gasteiger partial charge in [0.05, 0.1) is 26.4 Å². The van der Waals surface area contributed by atoms with Crippen molar-refractivity contribution in [1.29, 1.82) is 0 Å². The third kappa shape index (κ3) is 75.9. The van der Waals surface area contributed by atoms with Gasteiger partial charge in [0, 0.05) is 25.7 Å². The van der Waals surface area contributed by atoms with E-state index in [0.29, 0.717) is 25.7 Å². The van der Waals surface area contributed by atoms with E-state index in [1.807, 2.05) is 0 Å². The molecule has 0 fully saturated rings. The zero-order valence-corrected chi connectivity index (χ0v) is 67.5. The normalized spacial score (nSPS) is 14.4. The number of phosphoric ester groups is 2. The summed E-state index contributed by atoms with van der Waals surface area (Å²) in [6.07, 6.45) is 83.4. The van der Waals surface area contributed by atoms with Crippen LogP contribution in [0.25, 0.3) is 0 Å². The first-order valence-electron chi connectivity index (χ1n) is 41.1. The number of hydrogen-bond donors (Lipinski definition) is 3. The van der Waals surface area contributed by atoms with Crippen LogP contribution in [0.1, 0.15) is 349 Å². The summed E-state index contributed by atoms with van der Waals surface area (Å²) in [6.45, 7) is 4.64. The monoisotopic (exact) mass is 1500 g/mol. The molecule has 0 saturated carbocycles. The average molecular weight is 1500 g/mol. The molecule has 19 heteroatoms. The quantitative estimate of drug-likeness (QED) is 0.0169. The Morgan fingerprint density at radius 2 is 0.500 bits per heavy atom. The van der Waals surface area contributed by atoms with Crippen molar-refractivity contribution in [3.63, 3.8) is 0 Å². The first kappa shape index (κ1) is 99.7. The SMILES string of the molecule is CC/C=C\C/C=C\C/C=C\C/C=C\CCCCCCCCC(=O)OCC(COP(=O)(O)OCC(O)COP(=O)(O)OCC(COC(=O)CCCCCCC/C=C\CCCCCC)OC(=O)CCCCCCCCCCCCCCC)OC(=O)CCCCCCCC/C=C\C/C=C\C/C=C\C/C=C\CC. The number of hydrogen-bond acceptors (Lipinski definition) is 15. The molecule has 0 rings (SSSR count). The molecule has 17 nitrogen and oxygen atoms in total. The molecule has 0 aliphatic carbocycles. The predicted octanol–water partition coefficient (Wildman–Crippen LogP) is 24.1. The van der Waals surface area contributed by atoms with Crippen LogP contribution in [0.15, 0.2) is 109 Å². The first-order valence-corrected chi connectivity index (χ1v) is 44.1. The molecule has 0 radical (unpaired) electrons. The van der Waals surface area contributed by atoms with E-state index in [2.05, 4.69) is 137 Å². The molecule has 600 valence electrons. The Bertz CT molecular complexity index is 2390. The number of carbonyl (C=O) groups excluding carboxylic acids is 4. The van der Waals surface area contributed by atoms with Crippen LogP contribution < -0.4 is 0 Å². The Balaban J connectivity index is 5.37. The second-order valence-electron chi connectivity index (χ2n) is 27.3. The van der Waals surface area contributed by atoms with E-state index < -0.39 is 97.5 Å². The van der Waals surface area contributed by atoms with Crippen molar-refractivity contribution in [2.45, 2.75) is 367 Å². The Labute approximate surface area is 632 Å². The van der Waals surface area contributed by atoms with Gasteiger partial charge in [-0.25, -0.2) is 9.13 Å². The molecule has 0 spiro atoms. The van der Waals surface area contributed by atoms with Crippen LogP contribution in [-0.2, 0) is 65.4 Å². The number of rotatable bonds is 77. The minimum atomic E-state index is -4.99. The average Bonchev–Trinajstić information content (AvgIpc) is 0.906. The van der Waals surface area contributed by atoms with Gasteiger partial charge in [-0.05, 0) is 128 Å². The van der Waals surface area contributed by atoms with E-state index in [4.69, 9.17) is 37.0 Å². The highest BCUT2D eigenvalue weighted by molar-refractivity contribution is 7.47. The van der Waals surface area contributed by atoms with Gasteiger partial charge in [-0.2, -0.15) is 0 Å². The highest BCUT2D eigenvalue weighted by Gasteiger charge is 2.30. The molecule has 0 heterocycles. The van der Waals surface area contributed by atoms with Crippen molar-refractivity contribution in [1.82, 2.24) is 0 Å². The molecule has 0 amide bonds. The van der Waals surface area contributed by atoms with Crippen molar-refractivity contribution in [2.24, 2.45) is 0 Å². The van der Waals surface area contributed by atoms with E-state index in [0.717, 1.165) is 193 Å². The number of aliphatic hydroxyl groups excluding tert-OH is 1. The Morgan fingerprint density at radius 1 is 0.279 bits per heavy atom. The molecule has 5 atom stereocenters. The maximum atomic E-state index is 13.1. The number of allylic oxidation sites excluding steroid dienone is 18. The topological polar surface area (TPSA) is 237 Å². The van der Waals surface area contributed by atoms with Gasteiger partial charge in [-0.3, -0.25) is 37.3 Å². The molecule has 0 aliphatic heterocycles. The van der Waals surface area contributed by atoms with Crippen LogP contribution in [0.2, 0.25) is 0 Å². The summed E-state index contributed by atoms with van der Waals surface area (Å²) in [6, 6.07) is 0. The van der Waals surface area contributed by atoms with Gasteiger partial charge in [0.25, 0.3) is 0 Å². The highest BCUT2D eigenvalue weighted by Crippen LogP contribution is 2.45. The van der Waals surface area contributed by atoms with E-state index in [1.54, 1.807) is 0 Å². The van der Waals surface area contributed by atoms with Crippen LogP contribution in [0.5, 0.6) is 0 Å². The van der Waals surface area contributed by atoms with Crippen molar-refractivity contribution in [3.8, 4) is 0 Å². The van der Waals surface area contributed by atoms with Crippen molar-refractivity contribution in [2.75, 3.05) is 39.6 Å². The second-order valence-corrected chi connectivity index (χ2v) is 30.2. The molecule has 0 aromatic carbocycles. The van der Waals surface area contributed by atoms with Crippen LogP contribution in [0, 0.1) is 0 Å². The lowest BCUT2D eigenvalue weighted by Crippen LogP contribution is -2.30. The summed E-state index contributed by atoms with van der Waals surface area (Å²) < 4.78 is 68.7. The summed E-state index contributed by atoms with van der Waals surface area (Å²) >= 11 is 0. The standard InChI is InChI=1S/C85H148O17P2/c1-5-9-13-17-21-25-29-33-35-37-39-41-43-47-50-54-58-62-66-70-83(88)96-76-81(102-85(90)72-68-64-60-56-52-48-44-42-40-38-36-34-30-26-22-18-14-10-6-2)78-100-104(93,94)98-74-79(86)73-97-103(91,92)99-77-80(101-84(89)71-67-63-59-55-51-46-32-28-24-20-16-12-8-4)75-95-82(87)69-65-61-57-53-49-45-31-27-23-19-15-11-7-3/h9-10,13-14,21-22,25-27,31,33-36,39-42,79-81,86H,5-8,11-12,15-20,23-24,28-30,32,37-38,43-78H2,1-4H3,(H,91,92)(H,93,94)/b13-9-,14-10-,25-21-,26-22-,31-27-,35-33-,36-34-,41-39-,42-40-. The molecule has 0 bridgehead atoms. The fourth-order valence-corrected chi connectivity index (χ4v) is 12.6. The van der Waals surface area contributed by atoms with Crippen LogP contribution in [0.3, 0.4) is 0 Å². The third-order valence-electron chi connectivity index (χ3n) is 17.2. The number of phosphoric acid groups is 2. The molecule has 0 aromatic rings. The van der Waals surface area contributed by atoms with E-state index in [1.165, 1.54) is 77.0 Å². The second kappa shape index (κ2) is 76.9. The molecule has 3 N–H and O–H groups in total. The van der Waals surface area contributed by atoms with Crippen molar-refractivity contribution in [3.05, 3.63) is 109 Å². The third-order valence-corrected chi connectivity index (χ3v) is 19.1. The lowest BCUT2D eigenvalue weighted by Gasteiger charge is -2.21. The molecule has 5 unspecified atom stereocenters. The van der Waals surface area contributed by atoms with Gasteiger partial charge in [0.15, 0.2) is 12.2 Å². The maximum Gasteiger partial charge on any atom is 0.472 e. The van der Waals surface area contributed by atoms with Gasteiger partial charge in [0.1, 0.15) is 19.3 Å². The maximum absolute atomic E-state index is 13.1. The van der Waals surface area contributed by atoms with Gasteiger partial charge in [-0.15, -0.1) is 0 Å². The fraction of sp³-hybridized carbons (Fsp3) is 0.741. The van der Waals surface area contributed by atoms with E-state index in [-0.39, 0.29) is 25.7 Å². The zero-order chi connectivity index (χ0) is 76.0. The number of carbonyl (C=O) groups is 4. The summed E-state index contributed by atoms with van der Waals surface area (Å²) in [5.41, 5.74) is 0. The van der Waals surface area contributed by atoms with Gasteiger partial charge < -0.3 is 33.8 Å². The van der Waals surface area contributed by atoms with Crippen molar-refractivity contribution < 1.29 is 80.2 Å². The predicted molar refractivity (Wildman–Crippen MR) is 427 cm³/mol. The zero-order valence-electron chi connectivity index (χ0n) is 65.7. The van der Waals surface area contributed by atoms with Gasteiger partial charge in [0.2, 0.25) is 0 Å². The molecule has 0 aromatic heterocycles. The Hall–Kier alpha value is -4.28. The molecule has 104 heavy (non-hydrogen) atoms. The highest BCUT2D eigenvalue weighted by atomic mass is 31.2.